The van der Waals surface area contributed by atoms with Crippen LogP contribution in [0.4, 0.5) is 0 Å². The Morgan fingerprint density at radius 2 is 2.56 bits per heavy atom. The maximum absolute atomic E-state index is 11.6. The largest absolute Gasteiger partial charge is 0.394 e. The van der Waals surface area contributed by atoms with Crippen molar-refractivity contribution < 1.29 is 9.90 Å². The summed E-state index contributed by atoms with van der Waals surface area (Å²) in [7, 11) is 0. The van der Waals surface area contributed by atoms with Crippen molar-refractivity contribution in [2.75, 3.05) is 19.7 Å². The third-order valence-corrected chi connectivity index (χ3v) is 2.53. The van der Waals surface area contributed by atoms with E-state index in [9.17, 15) is 4.79 Å². The van der Waals surface area contributed by atoms with E-state index in [1.165, 1.54) is 0 Å². The number of amides is 1. The van der Waals surface area contributed by atoms with Crippen LogP contribution in [0.5, 0.6) is 0 Å². The molecule has 0 aromatic carbocycles. The van der Waals surface area contributed by atoms with Crippen molar-refractivity contribution in [3.8, 4) is 0 Å². The normalized spacial score (nSPS) is 17.9. The average molecular weight is 225 g/mol. The first-order valence-electron chi connectivity index (χ1n) is 5.25. The number of aliphatic hydroxyl groups is 1. The van der Waals surface area contributed by atoms with Gasteiger partial charge in [-0.25, -0.2) is 4.68 Å². The van der Waals surface area contributed by atoms with Crippen LogP contribution in [0.3, 0.4) is 0 Å². The monoisotopic (exact) mass is 225 g/mol. The first-order chi connectivity index (χ1) is 7.70. The highest BCUT2D eigenvalue weighted by molar-refractivity contribution is 5.92. The molecule has 0 spiro atoms. The molecule has 16 heavy (non-hydrogen) atoms. The third kappa shape index (κ3) is 2.20. The molecule has 7 nitrogen and oxygen atoms in total. The second kappa shape index (κ2) is 4.58. The number of rotatable bonds is 4. The fraction of sp³-hybridized carbons (Fsp3) is 0.667. The molecule has 0 aliphatic carbocycles. The number of carbonyl (C=O) groups is 1. The van der Waals surface area contributed by atoms with Gasteiger partial charge in [0.1, 0.15) is 0 Å². The van der Waals surface area contributed by atoms with Gasteiger partial charge in [-0.3, -0.25) is 4.79 Å². The summed E-state index contributed by atoms with van der Waals surface area (Å²) in [4.78, 5) is 11.6. The highest BCUT2D eigenvalue weighted by Crippen LogP contribution is 2.09. The van der Waals surface area contributed by atoms with Crippen molar-refractivity contribution in [1.29, 1.82) is 0 Å². The van der Waals surface area contributed by atoms with Crippen molar-refractivity contribution in [3.63, 3.8) is 0 Å². The van der Waals surface area contributed by atoms with Crippen LogP contribution in [0, 0.1) is 0 Å². The van der Waals surface area contributed by atoms with Crippen molar-refractivity contribution in [3.05, 3.63) is 11.9 Å². The van der Waals surface area contributed by atoms with Gasteiger partial charge in [-0.15, -0.1) is 5.10 Å². The third-order valence-electron chi connectivity index (χ3n) is 2.53. The van der Waals surface area contributed by atoms with E-state index in [0.29, 0.717) is 6.04 Å². The lowest BCUT2D eigenvalue weighted by atomic mass is 10.2. The maximum Gasteiger partial charge on any atom is 0.273 e. The predicted octanol–water partition coefficient (Wildman–Crippen LogP) is -1.47. The molecule has 0 saturated carbocycles. The van der Waals surface area contributed by atoms with Crippen LogP contribution in [-0.2, 0) is 0 Å². The second-order valence-corrected chi connectivity index (χ2v) is 3.95. The van der Waals surface area contributed by atoms with E-state index in [0.717, 1.165) is 13.1 Å². The van der Waals surface area contributed by atoms with Gasteiger partial charge in [0.25, 0.3) is 5.91 Å². The SMILES string of the molecule is C[C@@H](CO)NC(=O)c1cn(C2CNC2)nn1. The predicted molar refractivity (Wildman–Crippen MR) is 55.9 cm³/mol. The molecule has 0 bridgehead atoms. The molecule has 7 heteroatoms. The minimum absolute atomic E-state index is 0.0909. The van der Waals surface area contributed by atoms with Crippen LogP contribution in [-0.4, -0.2) is 51.7 Å². The summed E-state index contributed by atoms with van der Waals surface area (Å²) < 4.78 is 1.69. The van der Waals surface area contributed by atoms with Crippen LogP contribution in [0.15, 0.2) is 6.20 Å². The quantitative estimate of drug-likeness (QED) is 0.582. The number of carbonyl (C=O) groups excluding carboxylic acids is 1. The molecule has 1 saturated heterocycles. The van der Waals surface area contributed by atoms with E-state index in [2.05, 4.69) is 20.9 Å². The molecule has 1 aliphatic heterocycles. The first-order valence-corrected chi connectivity index (χ1v) is 5.25. The molecule has 0 radical (unpaired) electrons. The van der Waals surface area contributed by atoms with E-state index in [-0.39, 0.29) is 24.2 Å². The van der Waals surface area contributed by atoms with E-state index in [4.69, 9.17) is 5.11 Å². The Labute approximate surface area is 92.8 Å². The van der Waals surface area contributed by atoms with Gasteiger partial charge in [-0.1, -0.05) is 5.21 Å². The summed E-state index contributed by atoms with van der Waals surface area (Å²) in [5.41, 5.74) is 0.284. The van der Waals surface area contributed by atoms with E-state index in [1.807, 2.05) is 0 Å². The fourth-order valence-electron chi connectivity index (χ4n) is 1.36. The minimum atomic E-state index is -0.305. The van der Waals surface area contributed by atoms with Crippen molar-refractivity contribution in [2.45, 2.75) is 19.0 Å². The summed E-state index contributed by atoms with van der Waals surface area (Å²) in [6.45, 7) is 3.35. The van der Waals surface area contributed by atoms with Crippen LogP contribution >= 0.6 is 0 Å². The zero-order valence-corrected chi connectivity index (χ0v) is 9.05. The number of nitrogens with zero attached hydrogens (tertiary/aromatic N) is 3. The molecule has 3 N–H and O–H groups in total. The Bertz CT molecular complexity index is 374. The molecule has 1 aromatic heterocycles. The van der Waals surface area contributed by atoms with Gasteiger partial charge < -0.3 is 15.7 Å². The van der Waals surface area contributed by atoms with Crippen LogP contribution in [0.1, 0.15) is 23.5 Å². The van der Waals surface area contributed by atoms with Crippen LogP contribution in [0.2, 0.25) is 0 Å². The zero-order valence-electron chi connectivity index (χ0n) is 9.05. The minimum Gasteiger partial charge on any atom is -0.394 e. The van der Waals surface area contributed by atoms with E-state index < -0.39 is 0 Å². The Hall–Kier alpha value is -1.47. The summed E-state index contributed by atoms with van der Waals surface area (Å²) in [6.07, 6.45) is 1.63. The molecule has 1 aromatic rings. The molecular weight excluding hydrogens is 210 g/mol. The molecule has 2 rings (SSSR count). The smallest absolute Gasteiger partial charge is 0.273 e. The topological polar surface area (TPSA) is 92.1 Å². The molecule has 88 valence electrons. The number of aromatic nitrogens is 3. The van der Waals surface area contributed by atoms with Gasteiger partial charge in [-0.2, -0.15) is 0 Å². The summed E-state index contributed by atoms with van der Waals surface area (Å²) in [5.74, 6) is -0.305. The van der Waals surface area contributed by atoms with E-state index >= 15 is 0 Å². The van der Waals surface area contributed by atoms with Crippen molar-refractivity contribution >= 4 is 5.91 Å². The summed E-state index contributed by atoms with van der Waals surface area (Å²) in [6, 6.07) is 0.0207. The van der Waals surface area contributed by atoms with Gasteiger partial charge in [0, 0.05) is 19.1 Å². The average Bonchev–Trinajstić information content (AvgIpc) is 2.64. The first kappa shape index (κ1) is 11.0. The molecule has 1 fully saturated rings. The van der Waals surface area contributed by atoms with Gasteiger partial charge in [0.2, 0.25) is 0 Å². The molecule has 1 atom stereocenters. The number of aliphatic hydroxyl groups excluding tert-OH is 1. The molecule has 2 heterocycles. The Morgan fingerprint density at radius 1 is 1.81 bits per heavy atom. The van der Waals surface area contributed by atoms with Gasteiger partial charge in [-0.05, 0) is 6.92 Å². The Morgan fingerprint density at radius 3 is 3.12 bits per heavy atom. The van der Waals surface area contributed by atoms with Gasteiger partial charge in [0.15, 0.2) is 5.69 Å². The molecule has 1 aliphatic rings. The molecule has 1 amide bonds. The lowest BCUT2D eigenvalue weighted by molar-refractivity contribution is 0.0917. The van der Waals surface area contributed by atoms with Crippen molar-refractivity contribution in [2.24, 2.45) is 0 Å². The lowest BCUT2D eigenvalue weighted by Crippen LogP contribution is -2.43. The molecule has 0 unspecified atom stereocenters. The highest BCUT2D eigenvalue weighted by atomic mass is 16.3. The number of hydrogen-bond donors (Lipinski definition) is 3. The van der Waals surface area contributed by atoms with Crippen LogP contribution < -0.4 is 10.6 Å². The Kier molecular flexibility index (Phi) is 3.16. The Balaban J connectivity index is 1.97. The lowest BCUT2D eigenvalue weighted by Gasteiger charge is -2.26. The zero-order chi connectivity index (χ0) is 11.5. The second-order valence-electron chi connectivity index (χ2n) is 3.95. The standard InChI is InChI=1S/C9H15N5O2/c1-6(5-15)11-9(16)8-4-14(13-12-8)7-2-10-3-7/h4,6-7,10,15H,2-3,5H2,1H3,(H,11,16)/t6-/m0/s1. The number of hydrogen-bond acceptors (Lipinski definition) is 5. The summed E-state index contributed by atoms with van der Waals surface area (Å²) >= 11 is 0. The van der Waals surface area contributed by atoms with Crippen molar-refractivity contribution in [1.82, 2.24) is 25.6 Å². The maximum atomic E-state index is 11.6. The summed E-state index contributed by atoms with van der Waals surface area (Å²) in [5, 5.41) is 22.2. The highest BCUT2D eigenvalue weighted by Gasteiger charge is 2.21. The van der Waals surface area contributed by atoms with Gasteiger partial charge >= 0.3 is 0 Å². The number of nitrogens with one attached hydrogen (secondary N) is 2. The van der Waals surface area contributed by atoms with Gasteiger partial charge in [0.05, 0.1) is 18.8 Å². The fourth-order valence-corrected chi connectivity index (χ4v) is 1.36. The van der Waals surface area contributed by atoms with Crippen LogP contribution in [0.25, 0.3) is 0 Å². The molecular formula is C9H15N5O2. The van der Waals surface area contributed by atoms with E-state index in [1.54, 1.807) is 17.8 Å².